The minimum absolute atomic E-state index is 0.114. The number of aromatic nitrogens is 2. The van der Waals surface area contributed by atoms with Crippen molar-refractivity contribution < 1.29 is 9.90 Å². The standard InChI is InChI=1S/C21H15BrN4O2S/c22-15-8-9-18(27)17(11-15)21(28)24-23-12-14-13-26(16-5-2-1-3-6-16)25-20(14)19-7-4-10-29-19/h1-13,27H,(H,24,28)/b23-12-. The quantitative estimate of drug-likeness (QED) is 0.326. The van der Waals surface area contributed by atoms with Gasteiger partial charge >= 0.3 is 0 Å². The molecule has 8 heteroatoms. The number of halogens is 1. The Bertz CT molecular complexity index is 1170. The zero-order valence-corrected chi connectivity index (χ0v) is 17.4. The predicted molar refractivity (Wildman–Crippen MR) is 118 cm³/mol. The molecule has 2 aromatic heterocycles. The van der Waals surface area contributed by atoms with Gasteiger partial charge < -0.3 is 5.11 Å². The van der Waals surface area contributed by atoms with E-state index in [0.29, 0.717) is 4.47 Å². The summed E-state index contributed by atoms with van der Waals surface area (Å²) in [6, 6.07) is 18.3. The highest BCUT2D eigenvalue weighted by molar-refractivity contribution is 9.10. The van der Waals surface area contributed by atoms with Gasteiger partial charge in [0.25, 0.3) is 5.91 Å². The van der Waals surface area contributed by atoms with Gasteiger partial charge in [-0.2, -0.15) is 10.2 Å². The van der Waals surface area contributed by atoms with Crippen molar-refractivity contribution in [3.8, 4) is 22.0 Å². The first-order valence-electron chi connectivity index (χ1n) is 8.63. The average Bonchev–Trinajstić information content (AvgIpc) is 3.40. The largest absolute Gasteiger partial charge is 0.507 e. The van der Waals surface area contributed by atoms with Crippen LogP contribution in [0.3, 0.4) is 0 Å². The number of aromatic hydroxyl groups is 1. The number of para-hydroxylation sites is 1. The van der Waals surface area contributed by atoms with Crippen molar-refractivity contribution in [2.24, 2.45) is 5.10 Å². The first-order chi connectivity index (χ1) is 14.1. The lowest BCUT2D eigenvalue weighted by molar-refractivity contribution is 0.0952. The van der Waals surface area contributed by atoms with Gasteiger partial charge in [0.1, 0.15) is 11.4 Å². The number of hydrazone groups is 1. The summed E-state index contributed by atoms with van der Waals surface area (Å²) >= 11 is 4.86. The Labute approximate surface area is 179 Å². The summed E-state index contributed by atoms with van der Waals surface area (Å²) in [7, 11) is 0. The van der Waals surface area contributed by atoms with Crippen molar-refractivity contribution in [3.63, 3.8) is 0 Å². The van der Waals surface area contributed by atoms with E-state index < -0.39 is 5.91 Å². The molecule has 1 amide bonds. The normalized spacial score (nSPS) is 11.1. The molecule has 2 N–H and O–H groups in total. The number of carbonyl (C=O) groups excluding carboxylic acids is 1. The summed E-state index contributed by atoms with van der Waals surface area (Å²) in [5.41, 5.74) is 5.04. The second-order valence-corrected chi connectivity index (χ2v) is 7.91. The number of hydrogen-bond donors (Lipinski definition) is 2. The highest BCUT2D eigenvalue weighted by Gasteiger charge is 2.13. The maximum atomic E-state index is 12.3. The van der Waals surface area contributed by atoms with Crippen LogP contribution < -0.4 is 5.43 Å². The van der Waals surface area contributed by atoms with Crippen LogP contribution >= 0.6 is 27.3 Å². The highest BCUT2D eigenvalue weighted by Crippen LogP contribution is 2.27. The molecule has 0 atom stereocenters. The molecule has 0 fully saturated rings. The molecule has 29 heavy (non-hydrogen) atoms. The minimum Gasteiger partial charge on any atom is -0.507 e. The highest BCUT2D eigenvalue weighted by atomic mass is 79.9. The fraction of sp³-hybridized carbons (Fsp3) is 0. The van der Waals surface area contributed by atoms with E-state index >= 15 is 0 Å². The van der Waals surface area contributed by atoms with Crippen LogP contribution in [-0.2, 0) is 0 Å². The maximum Gasteiger partial charge on any atom is 0.275 e. The summed E-state index contributed by atoms with van der Waals surface area (Å²) in [6.45, 7) is 0. The average molecular weight is 467 g/mol. The van der Waals surface area contributed by atoms with E-state index in [1.54, 1.807) is 28.3 Å². The van der Waals surface area contributed by atoms with Crippen molar-refractivity contribution in [1.82, 2.24) is 15.2 Å². The summed E-state index contributed by atoms with van der Waals surface area (Å²) < 4.78 is 2.46. The lowest BCUT2D eigenvalue weighted by Crippen LogP contribution is -2.17. The van der Waals surface area contributed by atoms with Crippen LogP contribution in [0.1, 0.15) is 15.9 Å². The lowest BCUT2D eigenvalue weighted by atomic mass is 10.2. The van der Waals surface area contributed by atoms with Crippen LogP contribution in [0.5, 0.6) is 5.75 Å². The Balaban J connectivity index is 1.61. The number of phenols is 1. The third-order valence-electron chi connectivity index (χ3n) is 4.09. The third-order valence-corrected chi connectivity index (χ3v) is 5.46. The van der Waals surface area contributed by atoms with E-state index in [4.69, 9.17) is 0 Å². The van der Waals surface area contributed by atoms with Gasteiger partial charge in [0.15, 0.2) is 0 Å². The van der Waals surface area contributed by atoms with Crippen LogP contribution in [0.2, 0.25) is 0 Å². The van der Waals surface area contributed by atoms with Gasteiger partial charge in [-0.25, -0.2) is 10.1 Å². The number of benzene rings is 2. The molecule has 4 rings (SSSR count). The van der Waals surface area contributed by atoms with Gasteiger partial charge in [0, 0.05) is 16.2 Å². The summed E-state index contributed by atoms with van der Waals surface area (Å²) in [4.78, 5) is 13.3. The van der Waals surface area contributed by atoms with Gasteiger partial charge in [-0.3, -0.25) is 4.79 Å². The van der Waals surface area contributed by atoms with Gasteiger partial charge in [-0.15, -0.1) is 11.3 Å². The van der Waals surface area contributed by atoms with Crippen molar-refractivity contribution >= 4 is 39.4 Å². The first kappa shape index (κ1) is 19.1. The van der Waals surface area contributed by atoms with E-state index in [-0.39, 0.29) is 11.3 Å². The molecule has 2 heterocycles. The minimum atomic E-state index is -0.506. The topological polar surface area (TPSA) is 79.5 Å². The molecule has 6 nitrogen and oxygen atoms in total. The van der Waals surface area contributed by atoms with Crippen LogP contribution in [0.15, 0.2) is 81.8 Å². The lowest BCUT2D eigenvalue weighted by Gasteiger charge is -2.03. The molecule has 0 saturated heterocycles. The molecule has 0 aliphatic carbocycles. The maximum absolute atomic E-state index is 12.3. The second kappa shape index (κ2) is 8.42. The first-order valence-corrected chi connectivity index (χ1v) is 10.3. The SMILES string of the molecule is O=C(N/N=C\c1cn(-c2ccccc2)nc1-c1cccs1)c1cc(Br)ccc1O. The molecule has 0 spiro atoms. The second-order valence-electron chi connectivity index (χ2n) is 6.05. The van der Waals surface area contributed by atoms with Crippen molar-refractivity contribution in [2.75, 3.05) is 0 Å². The van der Waals surface area contributed by atoms with Gasteiger partial charge in [0.2, 0.25) is 0 Å². The number of nitrogens with one attached hydrogen (secondary N) is 1. The van der Waals surface area contributed by atoms with Gasteiger partial charge in [-0.1, -0.05) is 40.2 Å². The number of carbonyl (C=O) groups is 1. The summed E-state index contributed by atoms with van der Waals surface area (Å²) in [5, 5.41) is 20.6. The Kier molecular flexibility index (Phi) is 5.55. The summed E-state index contributed by atoms with van der Waals surface area (Å²) in [6.07, 6.45) is 3.41. The van der Waals surface area contributed by atoms with E-state index in [1.807, 2.05) is 54.0 Å². The Morgan fingerprint density at radius 1 is 1.17 bits per heavy atom. The fourth-order valence-corrected chi connectivity index (χ4v) is 3.80. The van der Waals surface area contributed by atoms with Crippen LogP contribution in [0.4, 0.5) is 0 Å². The third kappa shape index (κ3) is 4.28. The van der Waals surface area contributed by atoms with Crippen molar-refractivity contribution in [1.29, 1.82) is 0 Å². The number of rotatable bonds is 5. The summed E-state index contributed by atoms with van der Waals surface area (Å²) in [5.74, 6) is -0.620. The number of nitrogens with zero attached hydrogens (tertiary/aromatic N) is 3. The monoisotopic (exact) mass is 466 g/mol. The number of hydrogen-bond acceptors (Lipinski definition) is 5. The molecule has 0 radical (unpaired) electrons. The van der Waals surface area contributed by atoms with Gasteiger partial charge in [0.05, 0.1) is 22.3 Å². The molecule has 2 aromatic carbocycles. The van der Waals surface area contributed by atoms with Crippen molar-refractivity contribution in [2.45, 2.75) is 0 Å². The molecular formula is C21H15BrN4O2S. The van der Waals surface area contributed by atoms with Crippen LogP contribution in [0, 0.1) is 0 Å². The van der Waals surface area contributed by atoms with E-state index in [2.05, 4.69) is 31.6 Å². The Morgan fingerprint density at radius 2 is 2.00 bits per heavy atom. The van der Waals surface area contributed by atoms with Crippen LogP contribution in [0.25, 0.3) is 16.3 Å². The van der Waals surface area contributed by atoms with Crippen LogP contribution in [-0.4, -0.2) is 27.0 Å². The van der Waals surface area contributed by atoms with Crippen molar-refractivity contribution in [3.05, 3.63) is 87.8 Å². The zero-order chi connectivity index (χ0) is 20.2. The predicted octanol–water partition coefficient (Wildman–Crippen LogP) is 4.83. The zero-order valence-electron chi connectivity index (χ0n) is 15.0. The Morgan fingerprint density at radius 3 is 2.76 bits per heavy atom. The number of amides is 1. The fourth-order valence-electron chi connectivity index (χ4n) is 2.71. The smallest absolute Gasteiger partial charge is 0.275 e. The van der Waals surface area contributed by atoms with E-state index in [0.717, 1.165) is 21.8 Å². The van der Waals surface area contributed by atoms with Gasteiger partial charge in [-0.05, 0) is 41.8 Å². The molecular weight excluding hydrogens is 452 g/mol. The molecule has 0 unspecified atom stereocenters. The van der Waals surface area contributed by atoms with E-state index in [1.165, 1.54) is 12.1 Å². The molecule has 0 saturated carbocycles. The molecule has 0 bridgehead atoms. The van der Waals surface area contributed by atoms with E-state index in [9.17, 15) is 9.90 Å². The molecule has 4 aromatic rings. The molecule has 0 aliphatic rings. The Hall–Kier alpha value is -3.23. The number of thiophene rings is 1. The number of phenolic OH excluding ortho intramolecular Hbond substituents is 1. The molecule has 0 aliphatic heterocycles. The molecule has 144 valence electrons.